The molecule has 3 rings (SSSR count). The fraction of sp³-hybridized carbons (Fsp3) is 0.350. The van der Waals surface area contributed by atoms with Crippen LogP contribution in [0, 0.1) is 6.92 Å². The van der Waals surface area contributed by atoms with E-state index in [4.69, 9.17) is 4.98 Å². The highest BCUT2D eigenvalue weighted by molar-refractivity contribution is 8.93. The van der Waals surface area contributed by atoms with Crippen molar-refractivity contribution in [3.63, 3.8) is 0 Å². The number of nitrogens with one attached hydrogen (secondary N) is 2. The summed E-state index contributed by atoms with van der Waals surface area (Å²) in [5.41, 5.74) is 3.97. The molecular weight excluding hydrogens is 470 g/mol. The van der Waals surface area contributed by atoms with Gasteiger partial charge < -0.3 is 15.5 Å². The molecule has 0 saturated carbocycles. The molecule has 1 amide bonds. The largest absolute Gasteiger partial charge is 0.372 e. The molecule has 3 aromatic rings. The van der Waals surface area contributed by atoms with Crippen molar-refractivity contribution in [3.05, 3.63) is 35.3 Å². The lowest BCUT2D eigenvalue weighted by molar-refractivity contribution is -0.115. The summed E-state index contributed by atoms with van der Waals surface area (Å²) < 4.78 is 0. The minimum absolute atomic E-state index is 0. The Balaban J connectivity index is 0.00000300. The van der Waals surface area contributed by atoms with Crippen molar-refractivity contribution >= 4 is 67.2 Å². The zero-order valence-corrected chi connectivity index (χ0v) is 20.3. The van der Waals surface area contributed by atoms with Crippen LogP contribution in [0.2, 0.25) is 0 Å². The second kappa shape index (κ2) is 10.7. The summed E-state index contributed by atoms with van der Waals surface area (Å²) in [5, 5.41) is 9.65. The number of carbonyl (C=O) groups excluding carboxylic acids is 1. The Morgan fingerprint density at radius 1 is 1.07 bits per heavy atom. The zero-order chi connectivity index (χ0) is 20.1. The van der Waals surface area contributed by atoms with Gasteiger partial charge in [0.1, 0.15) is 0 Å². The van der Waals surface area contributed by atoms with Gasteiger partial charge in [0.2, 0.25) is 5.91 Å². The third-order valence-electron chi connectivity index (χ3n) is 4.35. The van der Waals surface area contributed by atoms with Gasteiger partial charge in [0.15, 0.2) is 10.3 Å². The van der Waals surface area contributed by atoms with E-state index in [1.807, 2.05) is 19.2 Å². The molecule has 156 valence electrons. The van der Waals surface area contributed by atoms with E-state index in [1.54, 1.807) is 11.3 Å². The molecule has 2 aromatic heterocycles. The first kappa shape index (κ1) is 23.3. The smallest absolute Gasteiger partial charge is 0.225 e. The first-order valence-electron chi connectivity index (χ1n) is 9.39. The minimum atomic E-state index is -0.0332. The molecule has 9 heteroatoms. The molecule has 2 N–H and O–H groups in total. The second-order valence-electron chi connectivity index (χ2n) is 6.22. The number of hydrogen-bond donors (Lipinski definition) is 2. The summed E-state index contributed by atoms with van der Waals surface area (Å²) in [6, 6.07) is 8.40. The van der Waals surface area contributed by atoms with Gasteiger partial charge >= 0.3 is 0 Å². The Bertz CT molecular complexity index is 935. The molecule has 0 fully saturated rings. The van der Waals surface area contributed by atoms with Crippen LogP contribution < -0.4 is 15.5 Å². The maximum Gasteiger partial charge on any atom is 0.225 e. The molecule has 0 atom stereocenters. The maximum atomic E-state index is 11.6. The van der Waals surface area contributed by atoms with Crippen LogP contribution >= 0.6 is 39.7 Å². The average molecular weight is 497 g/mol. The molecule has 0 bridgehead atoms. The number of benzene rings is 1. The number of nitrogens with zero attached hydrogens (tertiary/aromatic N) is 3. The Kier molecular flexibility index (Phi) is 8.60. The van der Waals surface area contributed by atoms with Crippen molar-refractivity contribution in [2.45, 2.75) is 34.1 Å². The molecule has 1 aromatic carbocycles. The van der Waals surface area contributed by atoms with Crippen molar-refractivity contribution in [1.29, 1.82) is 0 Å². The molecular formula is C20H26BrN5OS2. The number of halogens is 1. The number of amides is 1. The molecule has 0 unspecified atom stereocenters. The number of hydrogen-bond acceptors (Lipinski definition) is 7. The highest BCUT2D eigenvalue weighted by Crippen LogP contribution is 2.35. The van der Waals surface area contributed by atoms with Crippen molar-refractivity contribution in [1.82, 2.24) is 9.97 Å². The number of anilines is 4. The normalized spacial score (nSPS) is 10.3. The standard InChI is InChI=1S/C20H25N5OS2.BrH/c1-5-17(26)24-20-21-13(4)18(28-20)16-12-27-19(23-16)22-14-8-10-15(11-9-14)25(6-2)7-3;/h8-12H,5-7H2,1-4H3,(H,22,23)(H,21,24,26);1H. The molecule has 2 heterocycles. The van der Waals surface area contributed by atoms with E-state index < -0.39 is 0 Å². The SMILES string of the molecule is Br.CCC(=O)Nc1nc(C)c(-c2csc(Nc3ccc(N(CC)CC)cc3)n2)s1. The Labute approximate surface area is 190 Å². The van der Waals surface area contributed by atoms with E-state index in [1.165, 1.54) is 17.0 Å². The van der Waals surface area contributed by atoms with Crippen molar-refractivity contribution < 1.29 is 4.79 Å². The summed E-state index contributed by atoms with van der Waals surface area (Å²) in [6.07, 6.45) is 0.436. The Hall–Kier alpha value is -1.97. The second-order valence-corrected chi connectivity index (χ2v) is 8.07. The number of aryl methyl sites for hydroxylation is 1. The van der Waals surface area contributed by atoms with Crippen LogP contribution in [-0.2, 0) is 4.79 Å². The van der Waals surface area contributed by atoms with Gasteiger partial charge in [-0.25, -0.2) is 9.97 Å². The van der Waals surface area contributed by atoms with Gasteiger partial charge in [-0.15, -0.1) is 28.3 Å². The number of carbonyl (C=O) groups is 1. The molecule has 0 spiro atoms. The van der Waals surface area contributed by atoms with Crippen molar-refractivity contribution in [2.24, 2.45) is 0 Å². The first-order chi connectivity index (χ1) is 13.5. The van der Waals surface area contributed by atoms with Crippen molar-refractivity contribution in [3.8, 4) is 10.6 Å². The van der Waals surface area contributed by atoms with Gasteiger partial charge in [0.05, 0.1) is 16.3 Å². The minimum Gasteiger partial charge on any atom is -0.372 e. The molecule has 6 nitrogen and oxygen atoms in total. The summed E-state index contributed by atoms with van der Waals surface area (Å²) in [6.45, 7) is 10.1. The summed E-state index contributed by atoms with van der Waals surface area (Å²) in [7, 11) is 0. The third-order valence-corrected chi connectivity index (χ3v) is 6.20. The fourth-order valence-electron chi connectivity index (χ4n) is 2.80. The summed E-state index contributed by atoms with van der Waals surface area (Å²) >= 11 is 3.01. The monoisotopic (exact) mass is 495 g/mol. The van der Waals surface area contributed by atoms with Crippen LogP contribution in [0.5, 0.6) is 0 Å². The van der Waals surface area contributed by atoms with Gasteiger partial charge in [0, 0.05) is 36.3 Å². The van der Waals surface area contributed by atoms with E-state index >= 15 is 0 Å². The number of aromatic nitrogens is 2. The maximum absolute atomic E-state index is 11.6. The molecule has 0 aliphatic rings. The summed E-state index contributed by atoms with van der Waals surface area (Å²) in [5.74, 6) is -0.0332. The topological polar surface area (TPSA) is 70.2 Å². The predicted molar refractivity (Wildman–Crippen MR) is 130 cm³/mol. The van der Waals surface area contributed by atoms with Crippen LogP contribution in [0.3, 0.4) is 0 Å². The zero-order valence-electron chi connectivity index (χ0n) is 17.0. The summed E-state index contributed by atoms with van der Waals surface area (Å²) in [4.78, 5) is 24.0. The van der Waals surface area contributed by atoms with Gasteiger partial charge in [-0.1, -0.05) is 18.3 Å². The van der Waals surface area contributed by atoms with Crippen LogP contribution in [0.1, 0.15) is 32.9 Å². The van der Waals surface area contributed by atoms with E-state index in [0.29, 0.717) is 11.6 Å². The van der Waals surface area contributed by atoms with Crippen molar-refractivity contribution in [2.75, 3.05) is 28.6 Å². The predicted octanol–water partition coefficient (Wildman–Crippen LogP) is 6.09. The molecule has 0 aliphatic carbocycles. The lowest BCUT2D eigenvalue weighted by Gasteiger charge is -2.21. The van der Waals surface area contributed by atoms with Crippen LogP contribution in [-0.4, -0.2) is 29.0 Å². The fourth-order valence-corrected chi connectivity index (χ4v) is 4.54. The van der Waals surface area contributed by atoms with Gasteiger partial charge in [-0.2, -0.15) is 0 Å². The van der Waals surface area contributed by atoms with E-state index in [2.05, 4.69) is 58.6 Å². The quantitative estimate of drug-likeness (QED) is 0.395. The van der Waals surface area contributed by atoms with Gasteiger partial charge in [-0.3, -0.25) is 4.79 Å². The Morgan fingerprint density at radius 2 is 1.76 bits per heavy atom. The lowest BCUT2D eigenvalue weighted by atomic mass is 10.2. The highest BCUT2D eigenvalue weighted by Gasteiger charge is 2.14. The van der Waals surface area contributed by atoms with Crippen LogP contribution in [0.15, 0.2) is 29.6 Å². The number of thiazole rings is 2. The van der Waals surface area contributed by atoms with Gasteiger partial charge in [0.25, 0.3) is 0 Å². The van der Waals surface area contributed by atoms with Crippen LogP contribution in [0.4, 0.5) is 21.6 Å². The van der Waals surface area contributed by atoms with E-state index in [9.17, 15) is 4.79 Å². The molecule has 29 heavy (non-hydrogen) atoms. The highest BCUT2D eigenvalue weighted by atomic mass is 79.9. The third kappa shape index (κ3) is 5.77. The molecule has 0 saturated heterocycles. The molecule has 0 radical (unpaired) electrons. The van der Waals surface area contributed by atoms with Gasteiger partial charge in [-0.05, 0) is 45.0 Å². The average Bonchev–Trinajstić information content (AvgIpc) is 3.30. The number of rotatable bonds is 8. The first-order valence-corrected chi connectivity index (χ1v) is 11.1. The van der Waals surface area contributed by atoms with E-state index in [-0.39, 0.29) is 22.9 Å². The van der Waals surface area contributed by atoms with E-state index in [0.717, 1.165) is 40.2 Å². The Morgan fingerprint density at radius 3 is 2.38 bits per heavy atom. The van der Waals surface area contributed by atoms with Crippen LogP contribution in [0.25, 0.3) is 10.6 Å². The molecule has 0 aliphatic heterocycles. The lowest BCUT2D eigenvalue weighted by Crippen LogP contribution is -2.21.